The van der Waals surface area contributed by atoms with Crippen molar-refractivity contribution in [3.63, 3.8) is 0 Å². The van der Waals surface area contributed by atoms with Crippen LogP contribution >= 0.6 is 0 Å². The van der Waals surface area contributed by atoms with Crippen molar-refractivity contribution in [1.82, 2.24) is 4.98 Å². The summed E-state index contributed by atoms with van der Waals surface area (Å²) in [5.74, 6) is 0. The summed E-state index contributed by atoms with van der Waals surface area (Å²) in [7, 11) is 0. The number of pyridine rings is 1. The number of nitrogens with zero attached hydrogens (tertiary/aromatic N) is 2. The predicted molar refractivity (Wildman–Crippen MR) is 68.0 cm³/mol. The second-order valence-corrected chi connectivity index (χ2v) is 3.28. The minimum Gasteiger partial charge on any atom is -0.255 e. The Morgan fingerprint density at radius 3 is 2.62 bits per heavy atom. The second-order valence-electron chi connectivity index (χ2n) is 3.28. The average molecular weight is 208 g/mol. The number of para-hydroxylation sites is 1. The van der Waals surface area contributed by atoms with Gasteiger partial charge in [0.1, 0.15) is 0 Å². The van der Waals surface area contributed by atoms with Gasteiger partial charge in [-0.2, -0.15) is 0 Å². The van der Waals surface area contributed by atoms with E-state index in [0.29, 0.717) is 0 Å². The van der Waals surface area contributed by atoms with E-state index in [0.717, 1.165) is 16.9 Å². The van der Waals surface area contributed by atoms with Crippen molar-refractivity contribution >= 4 is 18.0 Å². The molecular formula is C14H12N2. The predicted octanol–water partition coefficient (Wildman–Crippen LogP) is 3.48. The minimum atomic E-state index is 0.848. The molecule has 0 fully saturated rings. The Morgan fingerprint density at radius 1 is 1.06 bits per heavy atom. The van der Waals surface area contributed by atoms with E-state index in [-0.39, 0.29) is 0 Å². The normalized spacial score (nSPS) is 10.5. The van der Waals surface area contributed by atoms with Gasteiger partial charge < -0.3 is 0 Å². The monoisotopic (exact) mass is 208 g/mol. The molecule has 1 aromatic heterocycles. The molecule has 2 nitrogen and oxygen atoms in total. The number of hydrogen-bond donors (Lipinski definition) is 0. The van der Waals surface area contributed by atoms with Crippen molar-refractivity contribution in [3.05, 3.63) is 66.5 Å². The van der Waals surface area contributed by atoms with Gasteiger partial charge in [-0.25, -0.2) is 0 Å². The van der Waals surface area contributed by atoms with E-state index in [1.54, 1.807) is 18.5 Å². The molecule has 1 heterocycles. The van der Waals surface area contributed by atoms with E-state index in [2.05, 4.69) is 16.6 Å². The third-order valence-electron chi connectivity index (χ3n) is 2.18. The lowest BCUT2D eigenvalue weighted by Gasteiger charge is -1.98. The van der Waals surface area contributed by atoms with Gasteiger partial charge in [-0.15, -0.1) is 0 Å². The molecule has 1 aromatic carbocycles. The maximum Gasteiger partial charge on any atom is 0.0812 e. The molecule has 2 rings (SSSR count). The maximum atomic E-state index is 4.39. The van der Waals surface area contributed by atoms with Crippen LogP contribution < -0.4 is 0 Å². The van der Waals surface area contributed by atoms with Crippen LogP contribution in [0.5, 0.6) is 0 Å². The van der Waals surface area contributed by atoms with Crippen molar-refractivity contribution in [2.45, 2.75) is 0 Å². The van der Waals surface area contributed by atoms with E-state index in [9.17, 15) is 0 Å². The summed E-state index contributed by atoms with van der Waals surface area (Å²) >= 11 is 0. The van der Waals surface area contributed by atoms with Gasteiger partial charge in [0.2, 0.25) is 0 Å². The van der Waals surface area contributed by atoms with Gasteiger partial charge in [-0.3, -0.25) is 9.98 Å². The maximum absolute atomic E-state index is 4.39. The first-order valence-electron chi connectivity index (χ1n) is 5.07. The Morgan fingerprint density at radius 2 is 1.88 bits per heavy atom. The Balaban J connectivity index is 2.27. The molecule has 0 atom stereocenters. The van der Waals surface area contributed by atoms with Gasteiger partial charge in [-0.05, 0) is 23.8 Å². The largest absolute Gasteiger partial charge is 0.255 e. The van der Waals surface area contributed by atoms with Crippen molar-refractivity contribution < 1.29 is 0 Å². The summed E-state index contributed by atoms with van der Waals surface area (Å²) in [6.07, 6.45) is 5.30. The molecule has 0 saturated heterocycles. The van der Waals surface area contributed by atoms with Crippen molar-refractivity contribution in [2.75, 3.05) is 0 Å². The quantitative estimate of drug-likeness (QED) is 0.709. The summed E-state index contributed by atoms with van der Waals surface area (Å²) < 4.78 is 0. The Bertz CT molecular complexity index is 501. The van der Waals surface area contributed by atoms with E-state index in [4.69, 9.17) is 0 Å². The standard InChI is InChI=1S/C14H12N2/c1-2-12-7-3-4-9-14(12)16-11-13-8-5-6-10-15-13/h2-11H,1H2. The summed E-state index contributed by atoms with van der Waals surface area (Å²) in [5.41, 5.74) is 2.78. The SMILES string of the molecule is C=Cc1ccccc1N=Cc1ccccn1. The summed E-state index contributed by atoms with van der Waals surface area (Å²) in [4.78, 5) is 8.56. The fourth-order valence-corrected chi connectivity index (χ4v) is 1.37. The number of rotatable bonds is 3. The lowest BCUT2D eigenvalue weighted by atomic mass is 10.2. The number of benzene rings is 1. The highest BCUT2D eigenvalue weighted by Crippen LogP contribution is 2.19. The third kappa shape index (κ3) is 2.42. The molecule has 0 aliphatic rings. The topological polar surface area (TPSA) is 25.2 Å². The highest BCUT2D eigenvalue weighted by molar-refractivity contribution is 5.81. The fourth-order valence-electron chi connectivity index (χ4n) is 1.37. The molecule has 0 radical (unpaired) electrons. The first-order valence-corrected chi connectivity index (χ1v) is 5.07. The third-order valence-corrected chi connectivity index (χ3v) is 2.18. The van der Waals surface area contributed by atoms with Crippen LogP contribution in [0.2, 0.25) is 0 Å². The van der Waals surface area contributed by atoms with Crippen LogP contribution in [0.15, 0.2) is 60.2 Å². The molecule has 2 heteroatoms. The zero-order valence-electron chi connectivity index (χ0n) is 8.88. The molecule has 0 saturated carbocycles. The van der Waals surface area contributed by atoms with Crippen LogP contribution in [0.4, 0.5) is 5.69 Å². The zero-order chi connectivity index (χ0) is 11.2. The second kappa shape index (κ2) is 5.03. The van der Waals surface area contributed by atoms with Gasteiger partial charge >= 0.3 is 0 Å². The van der Waals surface area contributed by atoms with Gasteiger partial charge in [0, 0.05) is 6.20 Å². The van der Waals surface area contributed by atoms with Gasteiger partial charge in [0.05, 0.1) is 17.6 Å². The molecule has 0 aliphatic heterocycles. The number of hydrogen-bond acceptors (Lipinski definition) is 2. The van der Waals surface area contributed by atoms with Crippen LogP contribution in [0.1, 0.15) is 11.3 Å². The van der Waals surface area contributed by atoms with E-state index >= 15 is 0 Å². The highest BCUT2D eigenvalue weighted by Gasteiger charge is 1.94. The lowest BCUT2D eigenvalue weighted by Crippen LogP contribution is -1.84. The smallest absolute Gasteiger partial charge is 0.0812 e. The molecule has 0 unspecified atom stereocenters. The Hall–Kier alpha value is -2.22. The first-order chi connectivity index (χ1) is 7.90. The van der Waals surface area contributed by atoms with Crippen molar-refractivity contribution in [3.8, 4) is 0 Å². The number of aliphatic imine (C=N–C) groups is 1. The zero-order valence-corrected chi connectivity index (χ0v) is 8.88. The van der Waals surface area contributed by atoms with Crippen LogP contribution in [0, 0.1) is 0 Å². The van der Waals surface area contributed by atoms with Crippen molar-refractivity contribution in [2.24, 2.45) is 4.99 Å². The van der Waals surface area contributed by atoms with Gasteiger partial charge in [0.15, 0.2) is 0 Å². The molecule has 2 aromatic rings. The molecule has 0 aliphatic carbocycles. The Labute approximate surface area is 95.0 Å². The minimum absolute atomic E-state index is 0.848. The van der Waals surface area contributed by atoms with E-state index in [1.165, 1.54) is 0 Å². The summed E-state index contributed by atoms with van der Waals surface area (Å²) in [6.45, 7) is 3.76. The fraction of sp³-hybridized carbons (Fsp3) is 0. The highest BCUT2D eigenvalue weighted by atomic mass is 14.8. The molecule has 0 bridgehead atoms. The Kier molecular flexibility index (Phi) is 3.24. The van der Waals surface area contributed by atoms with Crippen LogP contribution in [-0.4, -0.2) is 11.2 Å². The van der Waals surface area contributed by atoms with E-state index in [1.807, 2.05) is 42.5 Å². The van der Waals surface area contributed by atoms with Gasteiger partial charge in [0.25, 0.3) is 0 Å². The molecular weight excluding hydrogens is 196 g/mol. The number of aromatic nitrogens is 1. The van der Waals surface area contributed by atoms with Gasteiger partial charge in [-0.1, -0.05) is 36.9 Å². The van der Waals surface area contributed by atoms with Crippen molar-refractivity contribution in [1.29, 1.82) is 0 Å². The molecule has 0 amide bonds. The average Bonchev–Trinajstić information content (AvgIpc) is 2.38. The van der Waals surface area contributed by atoms with Crippen LogP contribution in [0.25, 0.3) is 6.08 Å². The summed E-state index contributed by atoms with van der Waals surface area (Å²) in [6, 6.07) is 13.6. The molecule has 78 valence electrons. The first kappa shape index (κ1) is 10.3. The molecule has 0 N–H and O–H groups in total. The lowest BCUT2D eigenvalue weighted by molar-refractivity contribution is 1.30. The molecule has 0 spiro atoms. The van der Waals surface area contributed by atoms with E-state index < -0.39 is 0 Å². The van der Waals surface area contributed by atoms with Crippen LogP contribution in [0.3, 0.4) is 0 Å². The summed E-state index contributed by atoms with van der Waals surface area (Å²) in [5, 5.41) is 0. The van der Waals surface area contributed by atoms with Crippen LogP contribution in [-0.2, 0) is 0 Å². The molecule has 16 heavy (non-hydrogen) atoms.